The number of methoxy groups -OCH3 is 1. The van der Waals surface area contributed by atoms with E-state index in [0.717, 1.165) is 12.0 Å². The van der Waals surface area contributed by atoms with Crippen molar-refractivity contribution in [1.82, 2.24) is 15.0 Å². The smallest absolute Gasteiger partial charge is 0.748 e. The fourth-order valence-electron chi connectivity index (χ4n) is 1.94. The van der Waals surface area contributed by atoms with E-state index in [1.54, 1.807) is 25.1 Å². The van der Waals surface area contributed by atoms with Crippen molar-refractivity contribution in [3.05, 3.63) is 29.6 Å². The zero-order valence-corrected chi connectivity index (χ0v) is 22.4. The van der Waals surface area contributed by atoms with Crippen molar-refractivity contribution >= 4 is 28.1 Å². The van der Waals surface area contributed by atoms with E-state index in [2.05, 4.69) is 29.6 Å². The standard InChI is InChI=1S/C14H18N4O8S2.2Na/c1-9-7-10(27-26-25-19)3-4-11(9)24-14-17-12(8-23-2)16-13(18-14)15-5-6-28(20,21)22;;/h3-4,7,19H,5-6,8H2,1-2H3,(H,20,21,22)(H,15,16,17,18);;/q;2*+1/p-2. The predicted molar refractivity (Wildman–Crippen MR) is 92.9 cm³/mol. The third-order valence-corrected chi connectivity index (χ3v) is 4.35. The summed E-state index contributed by atoms with van der Waals surface area (Å²) >= 11 is 0.739. The van der Waals surface area contributed by atoms with Gasteiger partial charge in [0.05, 0.1) is 27.9 Å². The van der Waals surface area contributed by atoms with Gasteiger partial charge in [-0.25, -0.2) is 8.42 Å². The number of nitrogens with zero attached hydrogens (tertiary/aromatic N) is 3. The van der Waals surface area contributed by atoms with Crippen LogP contribution in [-0.2, 0) is 30.8 Å². The summed E-state index contributed by atoms with van der Waals surface area (Å²) in [5.74, 6) is 0.0781. The number of rotatable bonds is 11. The Morgan fingerprint density at radius 3 is 2.53 bits per heavy atom. The zero-order valence-electron chi connectivity index (χ0n) is 16.8. The van der Waals surface area contributed by atoms with E-state index in [0.29, 0.717) is 16.2 Å². The Labute approximate surface area is 221 Å². The molecule has 0 amide bonds. The summed E-state index contributed by atoms with van der Waals surface area (Å²) in [6.45, 7) is 1.65. The molecule has 30 heavy (non-hydrogen) atoms. The fourth-order valence-corrected chi connectivity index (χ4v) is 2.75. The van der Waals surface area contributed by atoms with Gasteiger partial charge in [-0.05, 0) is 30.7 Å². The van der Waals surface area contributed by atoms with Crippen LogP contribution in [0.3, 0.4) is 0 Å². The second kappa shape index (κ2) is 14.9. The van der Waals surface area contributed by atoms with Gasteiger partial charge in [0.2, 0.25) is 5.95 Å². The molecule has 0 aliphatic carbocycles. The Morgan fingerprint density at radius 2 is 1.93 bits per heavy atom. The molecule has 154 valence electrons. The van der Waals surface area contributed by atoms with Crippen LogP contribution >= 0.6 is 12.0 Å². The monoisotopic (exact) mass is 478 g/mol. The van der Waals surface area contributed by atoms with Gasteiger partial charge in [0.15, 0.2) is 5.82 Å². The Bertz CT molecular complexity index is 908. The van der Waals surface area contributed by atoms with Gasteiger partial charge in [-0.1, -0.05) is 0 Å². The van der Waals surface area contributed by atoms with Crippen molar-refractivity contribution in [3.63, 3.8) is 0 Å². The molecule has 1 N–H and O–H groups in total. The van der Waals surface area contributed by atoms with Crippen LogP contribution in [0.4, 0.5) is 5.95 Å². The van der Waals surface area contributed by atoms with Crippen molar-refractivity contribution in [3.8, 4) is 11.8 Å². The van der Waals surface area contributed by atoms with E-state index in [-0.39, 0.29) is 90.0 Å². The van der Waals surface area contributed by atoms with Gasteiger partial charge < -0.3 is 24.6 Å². The van der Waals surface area contributed by atoms with Gasteiger partial charge in [-0.15, -0.1) is 0 Å². The van der Waals surface area contributed by atoms with Crippen LogP contribution in [-0.4, -0.2) is 47.3 Å². The quantitative estimate of drug-likeness (QED) is 0.107. The molecule has 16 heteroatoms. The normalized spacial score (nSPS) is 10.7. The maximum Gasteiger partial charge on any atom is 1.00 e. The first-order valence-electron chi connectivity index (χ1n) is 7.63. The van der Waals surface area contributed by atoms with Crippen LogP contribution < -0.4 is 74.4 Å². The van der Waals surface area contributed by atoms with Crippen LogP contribution in [0.15, 0.2) is 23.1 Å². The molecule has 0 bridgehead atoms. The van der Waals surface area contributed by atoms with Crippen molar-refractivity contribution in [2.75, 3.05) is 24.7 Å². The molecule has 0 spiro atoms. The summed E-state index contributed by atoms with van der Waals surface area (Å²) < 4.78 is 47.0. The first-order valence-corrected chi connectivity index (χ1v) is 9.95. The Balaban J connectivity index is 0.00000420. The van der Waals surface area contributed by atoms with E-state index in [1.807, 2.05) is 0 Å². The number of anilines is 1. The van der Waals surface area contributed by atoms with Crippen molar-refractivity contribution < 1.29 is 96.2 Å². The van der Waals surface area contributed by atoms with Gasteiger partial charge in [-0.2, -0.15) is 19.3 Å². The van der Waals surface area contributed by atoms with Gasteiger partial charge in [-0.3, -0.25) is 5.04 Å². The van der Waals surface area contributed by atoms with Crippen molar-refractivity contribution in [1.29, 1.82) is 0 Å². The number of hydrogen-bond acceptors (Lipinski definition) is 13. The maximum absolute atomic E-state index is 10.7. The minimum Gasteiger partial charge on any atom is -0.748 e. The third kappa shape index (κ3) is 11.0. The summed E-state index contributed by atoms with van der Waals surface area (Å²) in [7, 11) is -2.92. The number of aryl methyl sites for hydroxylation is 1. The number of ether oxygens (including phenoxy) is 2. The molecule has 0 saturated heterocycles. The first kappa shape index (κ1) is 29.9. The van der Waals surface area contributed by atoms with Gasteiger partial charge in [0.1, 0.15) is 12.4 Å². The zero-order chi connectivity index (χ0) is 20.6. The molecule has 1 heterocycles. The van der Waals surface area contributed by atoms with Crippen LogP contribution in [0.1, 0.15) is 11.4 Å². The summed E-state index contributed by atoms with van der Waals surface area (Å²) in [5.41, 5.74) is 0.695. The summed E-state index contributed by atoms with van der Waals surface area (Å²) in [6, 6.07) is 4.87. The van der Waals surface area contributed by atoms with Crippen molar-refractivity contribution in [2.45, 2.75) is 18.4 Å². The second-order valence-electron chi connectivity index (χ2n) is 5.23. The number of nitrogens with one attached hydrogen (secondary N) is 1. The molecular weight excluding hydrogens is 462 g/mol. The molecule has 0 saturated carbocycles. The van der Waals surface area contributed by atoms with Crippen LogP contribution in [0.25, 0.3) is 0 Å². The molecule has 12 nitrogen and oxygen atoms in total. The SMILES string of the molecule is COCc1nc(NCCS(=O)(=O)[O-])nc(Oc2ccc(SOO[O-])cc2C)n1.[Na+].[Na+]. The molecule has 0 unspecified atom stereocenters. The molecule has 0 aliphatic rings. The predicted octanol–water partition coefficient (Wildman–Crippen LogP) is -5.69. The third-order valence-electron chi connectivity index (χ3n) is 3.08. The van der Waals surface area contributed by atoms with Crippen LogP contribution in [0.2, 0.25) is 0 Å². The van der Waals surface area contributed by atoms with Crippen LogP contribution in [0.5, 0.6) is 11.8 Å². The minimum absolute atomic E-state index is 0. The Morgan fingerprint density at radius 1 is 1.20 bits per heavy atom. The molecule has 0 aliphatic heterocycles. The van der Waals surface area contributed by atoms with Gasteiger partial charge >= 0.3 is 65.1 Å². The Hall–Kier alpha value is -0.0700. The topological polar surface area (TPSA) is 168 Å². The summed E-state index contributed by atoms with van der Waals surface area (Å²) in [6.07, 6.45) is 0. The maximum atomic E-state index is 10.7. The Kier molecular flexibility index (Phi) is 14.9. The molecule has 0 fully saturated rings. The first-order chi connectivity index (χ1) is 13.3. The molecule has 2 aromatic rings. The molecule has 2 rings (SSSR count). The van der Waals surface area contributed by atoms with E-state index in [9.17, 15) is 18.2 Å². The number of hydrogen-bond donors (Lipinski definition) is 1. The van der Waals surface area contributed by atoms with Crippen LogP contribution in [0, 0.1) is 6.92 Å². The van der Waals surface area contributed by atoms with E-state index >= 15 is 0 Å². The summed E-state index contributed by atoms with van der Waals surface area (Å²) in [4.78, 5) is 12.8. The molecule has 0 atom stereocenters. The average Bonchev–Trinajstić information content (AvgIpc) is 2.61. The average molecular weight is 478 g/mol. The number of benzene rings is 1. The van der Waals surface area contributed by atoms with E-state index < -0.39 is 15.9 Å². The van der Waals surface area contributed by atoms with Gasteiger partial charge in [0.25, 0.3) is 0 Å². The molecule has 0 radical (unpaired) electrons. The number of aromatic nitrogens is 3. The molecule has 1 aromatic carbocycles. The fraction of sp³-hybridized carbons (Fsp3) is 0.357. The van der Waals surface area contributed by atoms with Crippen molar-refractivity contribution in [2.24, 2.45) is 0 Å². The minimum atomic E-state index is -4.37. The largest absolute Gasteiger partial charge is 1.00 e. The summed E-state index contributed by atoms with van der Waals surface area (Å²) in [5, 5.41) is 15.8. The molecule has 1 aromatic heterocycles. The van der Waals surface area contributed by atoms with E-state index in [1.165, 1.54) is 7.11 Å². The van der Waals surface area contributed by atoms with E-state index in [4.69, 9.17) is 9.47 Å². The van der Waals surface area contributed by atoms with Gasteiger partial charge in [0, 0.05) is 18.6 Å². The molecular formula is C14H16N4Na2O8S2. The second-order valence-corrected chi connectivity index (χ2v) is 7.53.